The maximum atomic E-state index is 6.07. The zero-order valence-electron chi connectivity index (χ0n) is 27.9. The summed E-state index contributed by atoms with van der Waals surface area (Å²) in [6, 6.07) is 52.3. The number of rotatable bonds is 8. The molecule has 4 nitrogen and oxygen atoms in total. The van der Waals surface area contributed by atoms with Crippen molar-refractivity contribution in [2.45, 2.75) is 51.4 Å². The minimum atomic E-state index is -0.0267. The van der Waals surface area contributed by atoms with Crippen molar-refractivity contribution in [3.63, 3.8) is 0 Å². The molecule has 0 atom stereocenters. The van der Waals surface area contributed by atoms with Crippen molar-refractivity contribution in [1.29, 1.82) is 0 Å². The van der Waals surface area contributed by atoms with Gasteiger partial charge in [0.2, 0.25) is 0 Å². The zero-order chi connectivity index (χ0) is 33.1. The highest BCUT2D eigenvalue weighted by Gasteiger charge is 2.36. The topological polar surface area (TPSA) is 58.5 Å². The van der Waals surface area contributed by atoms with Crippen LogP contribution in [0.1, 0.15) is 54.4 Å². The van der Waals surface area contributed by atoms with Crippen LogP contribution in [-0.2, 0) is 5.41 Å². The molecule has 48 heavy (non-hydrogen) atoms. The summed E-state index contributed by atoms with van der Waals surface area (Å²) in [6.45, 7) is 4.25. The van der Waals surface area contributed by atoms with Gasteiger partial charge in [-0.15, -0.1) is 0 Å². The lowest BCUT2D eigenvalue weighted by Gasteiger charge is -2.39. The predicted octanol–water partition coefficient (Wildman–Crippen LogP) is 11.7. The highest BCUT2D eigenvalue weighted by Crippen LogP contribution is 2.47. The minimum Gasteiger partial charge on any atom is -0.399 e. The Morgan fingerprint density at radius 1 is 0.375 bits per heavy atom. The first kappa shape index (κ1) is 31.1. The molecule has 4 N–H and O–H groups in total. The number of aryl methyl sites for hydroxylation is 2. The Morgan fingerprint density at radius 3 is 0.958 bits per heavy atom. The van der Waals surface area contributed by atoms with Crippen LogP contribution in [0.5, 0.6) is 0 Å². The van der Waals surface area contributed by atoms with Crippen LogP contribution in [0.25, 0.3) is 0 Å². The van der Waals surface area contributed by atoms with Crippen molar-refractivity contribution < 1.29 is 0 Å². The van der Waals surface area contributed by atoms with Gasteiger partial charge in [-0.25, -0.2) is 0 Å². The van der Waals surface area contributed by atoms with E-state index in [1.807, 2.05) is 24.3 Å². The summed E-state index contributed by atoms with van der Waals surface area (Å²) in [5.41, 5.74) is 25.6. The van der Waals surface area contributed by atoms with Gasteiger partial charge in [0.15, 0.2) is 0 Å². The van der Waals surface area contributed by atoms with Gasteiger partial charge in [0, 0.05) is 50.9 Å². The summed E-state index contributed by atoms with van der Waals surface area (Å²) in [4.78, 5) is 4.61. The van der Waals surface area contributed by atoms with Crippen molar-refractivity contribution in [3.8, 4) is 0 Å². The molecule has 0 saturated heterocycles. The van der Waals surface area contributed by atoms with Gasteiger partial charge in [0.25, 0.3) is 0 Å². The van der Waals surface area contributed by atoms with Crippen LogP contribution in [0.4, 0.5) is 45.5 Å². The second-order valence-electron chi connectivity index (χ2n) is 13.3. The number of nitrogens with zero attached hydrogens (tertiary/aromatic N) is 2. The second-order valence-corrected chi connectivity index (χ2v) is 13.3. The Balaban J connectivity index is 1.25. The fourth-order valence-electron chi connectivity index (χ4n) is 7.29. The first-order valence-electron chi connectivity index (χ1n) is 17.1. The smallest absolute Gasteiger partial charge is 0.0463 e. The lowest BCUT2D eigenvalue weighted by molar-refractivity contribution is 0.346. The maximum absolute atomic E-state index is 6.07. The van der Waals surface area contributed by atoms with Crippen LogP contribution >= 0.6 is 0 Å². The molecule has 0 aromatic heterocycles. The van der Waals surface area contributed by atoms with Crippen LogP contribution in [0.15, 0.2) is 146 Å². The molecule has 0 spiro atoms. The third-order valence-corrected chi connectivity index (χ3v) is 9.95. The molecule has 6 aromatic carbocycles. The molecule has 1 saturated carbocycles. The fourth-order valence-corrected chi connectivity index (χ4v) is 7.29. The summed E-state index contributed by atoms with van der Waals surface area (Å²) < 4.78 is 0. The number of hydrogen-bond acceptors (Lipinski definition) is 4. The van der Waals surface area contributed by atoms with E-state index < -0.39 is 0 Å². The van der Waals surface area contributed by atoms with Crippen molar-refractivity contribution >= 4 is 45.5 Å². The number of hydrogen-bond donors (Lipinski definition) is 2. The molecular formula is C44H44N4. The van der Waals surface area contributed by atoms with Crippen molar-refractivity contribution in [2.75, 3.05) is 21.3 Å². The molecule has 6 aromatic rings. The van der Waals surface area contributed by atoms with Gasteiger partial charge in [0.05, 0.1) is 0 Å². The summed E-state index contributed by atoms with van der Waals surface area (Å²) >= 11 is 0. The quantitative estimate of drug-likeness (QED) is 0.165. The van der Waals surface area contributed by atoms with Gasteiger partial charge < -0.3 is 21.3 Å². The number of nitrogens with two attached hydrogens (primary N) is 2. The van der Waals surface area contributed by atoms with Gasteiger partial charge in [-0.05, 0) is 135 Å². The van der Waals surface area contributed by atoms with Gasteiger partial charge in [-0.1, -0.05) is 78.9 Å². The molecule has 0 bridgehead atoms. The number of nitrogen functional groups attached to an aromatic ring is 2. The molecule has 0 aliphatic heterocycles. The Kier molecular flexibility index (Phi) is 8.65. The Hall–Kier alpha value is -5.48. The minimum absolute atomic E-state index is 0.0267. The molecule has 7 rings (SSSR count). The molecule has 240 valence electrons. The van der Waals surface area contributed by atoms with Crippen LogP contribution in [0.2, 0.25) is 0 Å². The molecular weight excluding hydrogens is 585 g/mol. The first-order chi connectivity index (χ1) is 23.4. The normalized spacial score (nSPS) is 14.0. The van der Waals surface area contributed by atoms with Crippen LogP contribution in [-0.4, -0.2) is 0 Å². The Bertz CT molecular complexity index is 1710. The number of benzene rings is 6. The summed E-state index contributed by atoms with van der Waals surface area (Å²) in [5, 5.41) is 0. The second kappa shape index (κ2) is 13.3. The fraction of sp³-hybridized carbons (Fsp3) is 0.182. The SMILES string of the molecule is Cc1ccc(N(c2ccc(N)cc2)c2ccc(C3(c4ccc(N(c5ccc(C)cc5)c5ccc(N)cc5)cc4)CCCCC3)cc2)cc1. The molecule has 0 amide bonds. The Labute approximate surface area is 285 Å². The molecule has 0 radical (unpaired) electrons. The molecule has 1 aliphatic carbocycles. The predicted molar refractivity (Wildman–Crippen MR) is 204 cm³/mol. The lowest BCUT2D eigenvalue weighted by Crippen LogP contribution is -2.30. The first-order valence-corrected chi connectivity index (χ1v) is 17.1. The van der Waals surface area contributed by atoms with Crippen molar-refractivity contribution in [2.24, 2.45) is 0 Å². The molecule has 0 heterocycles. The van der Waals surface area contributed by atoms with Crippen LogP contribution < -0.4 is 21.3 Å². The van der Waals surface area contributed by atoms with Gasteiger partial charge in [-0.3, -0.25) is 0 Å². The third kappa shape index (κ3) is 6.26. The van der Waals surface area contributed by atoms with E-state index >= 15 is 0 Å². The van der Waals surface area contributed by atoms with E-state index in [0.29, 0.717) is 0 Å². The summed E-state index contributed by atoms with van der Waals surface area (Å²) in [5.74, 6) is 0. The highest BCUT2D eigenvalue weighted by molar-refractivity contribution is 5.79. The largest absolute Gasteiger partial charge is 0.399 e. The van der Waals surface area contributed by atoms with E-state index in [0.717, 1.165) is 58.3 Å². The third-order valence-electron chi connectivity index (χ3n) is 9.95. The van der Waals surface area contributed by atoms with Crippen molar-refractivity contribution in [1.82, 2.24) is 0 Å². The molecule has 1 aliphatic rings. The summed E-state index contributed by atoms with van der Waals surface area (Å²) in [6.07, 6.45) is 6.03. The van der Waals surface area contributed by atoms with E-state index in [2.05, 4.69) is 145 Å². The maximum Gasteiger partial charge on any atom is 0.0463 e. The lowest BCUT2D eigenvalue weighted by atomic mass is 9.65. The van der Waals surface area contributed by atoms with E-state index in [1.54, 1.807) is 0 Å². The average Bonchev–Trinajstić information content (AvgIpc) is 3.13. The van der Waals surface area contributed by atoms with Gasteiger partial charge >= 0.3 is 0 Å². The standard InChI is InChI=1S/C44H44N4/c1-32-6-18-38(19-7-32)47(42-26-14-36(45)15-27-42)40-22-10-34(11-23-40)44(30-4-3-5-31-44)35-12-24-41(25-13-35)48(39-20-8-33(2)9-21-39)43-28-16-37(46)17-29-43/h6-29H,3-5,30-31,45-46H2,1-2H3. The average molecular weight is 629 g/mol. The highest BCUT2D eigenvalue weighted by atomic mass is 15.1. The molecule has 4 heteroatoms. The monoisotopic (exact) mass is 628 g/mol. The van der Waals surface area contributed by atoms with E-state index in [9.17, 15) is 0 Å². The molecule has 1 fully saturated rings. The Morgan fingerprint density at radius 2 is 0.646 bits per heavy atom. The van der Waals surface area contributed by atoms with Gasteiger partial charge in [0.1, 0.15) is 0 Å². The summed E-state index contributed by atoms with van der Waals surface area (Å²) in [7, 11) is 0. The van der Waals surface area contributed by atoms with E-state index in [4.69, 9.17) is 11.5 Å². The van der Waals surface area contributed by atoms with Crippen LogP contribution in [0.3, 0.4) is 0 Å². The van der Waals surface area contributed by atoms with Gasteiger partial charge in [-0.2, -0.15) is 0 Å². The van der Waals surface area contributed by atoms with E-state index in [1.165, 1.54) is 41.5 Å². The molecule has 0 unspecified atom stereocenters. The zero-order valence-corrected chi connectivity index (χ0v) is 27.9. The van der Waals surface area contributed by atoms with Crippen LogP contribution in [0, 0.1) is 13.8 Å². The van der Waals surface area contributed by atoms with E-state index in [-0.39, 0.29) is 5.41 Å². The van der Waals surface area contributed by atoms with Crippen molar-refractivity contribution in [3.05, 3.63) is 168 Å². The number of anilines is 8.